The van der Waals surface area contributed by atoms with Gasteiger partial charge in [0, 0.05) is 26.6 Å². The fourth-order valence-corrected chi connectivity index (χ4v) is 0.933. The van der Waals surface area contributed by atoms with Gasteiger partial charge in [-0.3, -0.25) is 0 Å². The van der Waals surface area contributed by atoms with E-state index in [1.807, 2.05) is 0 Å². The van der Waals surface area contributed by atoms with Crippen molar-refractivity contribution >= 4 is 12.1 Å². The second-order valence-electron chi connectivity index (χ2n) is 2.92. The van der Waals surface area contributed by atoms with Crippen LogP contribution in [-0.4, -0.2) is 49.8 Å². The lowest BCUT2D eigenvalue weighted by Gasteiger charge is -2.27. The van der Waals surface area contributed by atoms with Gasteiger partial charge in [-0.15, -0.1) is 0 Å². The fourth-order valence-electron chi connectivity index (χ4n) is 0.933. The molecule has 14 heavy (non-hydrogen) atoms. The quantitative estimate of drug-likeness (QED) is 0.539. The van der Waals surface area contributed by atoms with Crippen molar-refractivity contribution in [3.8, 4) is 0 Å². The van der Waals surface area contributed by atoms with Gasteiger partial charge in [0.1, 0.15) is 0 Å². The summed E-state index contributed by atoms with van der Waals surface area (Å²) in [4.78, 5) is 21.3. The van der Waals surface area contributed by atoms with E-state index in [4.69, 9.17) is 0 Å². The van der Waals surface area contributed by atoms with Crippen LogP contribution in [0.3, 0.4) is 0 Å². The van der Waals surface area contributed by atoms with Crippen LogP contribution in [0.1, 0.15) is 12.8 Å². The molecule has 1 amide bonds. The zero-order chi connectivity index (χ0) is 11.1. The Kier molecular flexibility index (Phi) is 5.62. The minimum Gasteiger partial charge on any atom is -0.550 e. The summed E-state index contributed by atoms with van der Waals surface area (Å²) in [7, 11) is 4.63. The largest absolute Gasteiger partial charge is 0.550 e. The maximum Gasteiger partial charge on any atom is 0.424 e. The van der Waals surface area contributed by atoms with Crippen molar-refractivity contribution in [3.05, 3.63) is 0 Å². The molecule has 0 rings (SSSR count). The lowest BCUT2D eigenvalue weighted by Crippen LogP contribution is -2.42. The monoisotopic (exact) mass is 203 g/mol. The van der Waals surface area contributed by atoms with E-state index in [0.717, 1.165) is 0 Å². The number of rotatable bonds is 5. The van der Waals surface area contributed by atoms with E-state index in [9.17, 15) is 14.7 Å². The summed E-state index contributed by atoms with van der Waals surface area (Å²) in [5.41, 5.74) is 0. The molecule has 0 aliphatic heterocycles. The molecule has 0 fully saturated rings. The predicted molar refractivity (Wildman–Crippen MR) is 47.0 cm³/mol. The Hall–Kier alpha value is -1.30. The third-order valence-corrected chi connectivity index (χ3v) is 1.62. The summed E-state index contributed by atoms with van der Waals surface area (Å²) in [6.45, 7) is 0.299. The van der Waals surface area contributed by atoms with Gasteiger partial charge in [0.2, 0.25) is 0 Å². The first-order valence-electron chi connectivity index (χ1n) is 4.21. The summed E-state index contributed by atoms with van der Waals surface area (Å²) in [6.07, 6.45) is -0.231. The van der Waals surface area contributed by atoms with Gasteiger partial charge >= 0.3 is 6.09 Å². The summed E-state index contributed by atoms with van der Waals surface area (Å²) >= 11 is 0. The Morgan fingerprint density at radius 1 is 1.36 bits per heavy atom. The number of nitrogens with zero attached hydrogens (tertiary/aromatic N) is 2. The number of carboxylic acid groups (broad SMARTS) is 1. The van der Waals surface area contributed by atoms with Crippen molar-refractivity contribution in [2.45, 2.75) is 12.8 Å². The molecule has 0 bridgehead atoms. The van der Waals surface area contributed by atoms with Crippen molar-refractivity contribution in [3.63, 3.8) is 0 Å². The van der Waals surface area contributed by atoms with Gasteiger partial charge in [-0.25, -0.2) is 14.8 Å². The van der Waals surface area contributed by atoms with Crippen LogP contribution in [0.15, 0.2) is 0 Å². The second kappa shape index (κ2) is 6.20. The van der Waals surface area contributed by atoms with Gasteiger partial charge in [-0.05, 0) is 12.8 Å². The average Bonchev–Trinajstić information content (AvgIpc) is 2.10. The second-order valence-corrected chi connectivity index (χ2v) is 2.92. The van der Waals surface area contributed by atoms with Crippen LogP contribution in [0.4, 0.5) is 4.79 Å². The molecule has 0 atom stereocenters. The Morgan fingerprint density at radius 2 is 1.93 bits per heavy atom. The van der Waals surface area contributed by atoms with E-state index < -0.39 is 12.1 Å². The van der Waals surface area contributed by atoms with Gasteiger partial charge < -0.3 is 14.6 Å². The zero-order valence-electron chi connectivity index (χ0n) is 8.65. The van der Waals surface area contributed by atoms with Crippen LogP contribution in [0.2, 0.25) is 0 Å². The predicted octanol–water partition coefficient (Wildman–Crippen LogP) is -0.938. The topological polar surface area (TPSA) is 72.9 Å². The van der Waals surface area contributed by atoms with E-state index in [0.29, 0.717) is 13.0 Å². The molecule has 0 saturated heterocycles. The number of aliphatic carboxylic acids is 1. The summed E-state index contributed by atoms with van der Waals surface area (Å²) in [6, 6.07) is 0. The van der Waals surface area contributed by atoms with Crippen molar-refractivity contribution in [1.29, 1.82) is 0 Å². The van der Waals surface area contributed by atoms with Crippen molar-refractivity contribution in [2.24, 2.45) is 0 Å². The van der Waals surface area contributed by atoms with Crippen LogP contribution in [0.5, 0.6) is 0 Å². The highest BCUT2D eigenvalue weighted by Gasteiger charge is 2.14. The molecule has 6 heteroatoms. The molecular weight excluding hydrogens is 188 g/mol. The average molecular weight is 203 g/mol. The SMILES string of the molecule is COC(=O)N(CCCC(=O)[O-])N(C)C. The van der Waals surface area contributed by atoms with Crippen LogP contribution in [-0.2, 0) is 9.53 Å². The Balaban J connectivity index is 3.98. The number of hydrazine groups is 1. The molecular formula is C8H15N2O4-. The number of methoxy groups -OCH3 is 1. The fraction of sp³-hybridized carbons (Fsp3) is 0.750. The summed E-state index contributed by atoms with van der Waals surface area (Å²) < 4.78 is 4.51. The minimum atomic E-state index is -1.12. The highest BCUT2D eigenvalue weighted by Crippen LogP contribution is 1.99. The van der Waals surface area contributed by atoms with E-state index in [1.54, 1.807) is 19.1 Å². The first-order chi connectivity index (χ1) is 6.49. The van der Waals surface area contributed by atoms with Crippen LogP contribution in [0.25, 0.3) is 0 Å². The Bertz CT molecular complexity index is 206. The maximum absolute atomic E-state index is 11.1. The zero-order valence-corrected chi connectivity index (χ0v) is 8.65. The summed E-state index contributed by atoms with van der Waals surface area (Å²) in [5, 5.41) is 13.0. The molecule has 0 N–H and O–H groups in total. The smallest absolute Gasteiger partial charge is 0.424 e. The van der Waals surface area contributed by atoms with Crippen molar-refractivity contribution in [2.75, 3.05) is 27.7 Å². The van der Waals surface area contributed by atoms with Crippen molar-refractivity contribution in [1.82, 2.24) is 10.0 Å². The van der Waals surface area contributed by atoms with E-state index in [-0.39, 0.29) is 6.42 Å². The standard InChI is InChI=1S/C8H16N2O4/c1-9(2)10(8(13)14-3)6-4-5-7(11)12/h4-6H2,1-3H3,(H,11,12)/p-1. The highest BCUT2D eigenvalue weighted by molar-refractivity contribution is 5.67. The third-order valence-electron chi connectivity index (χ3n) is 1.62. The van der Waals surface area contributed by atoms with E-state index in [2.05, 4.69) is 4.74 Å². The number of carboxylic acids is 1. The van der Waals surface area contributed by atoms with Crippen LogP contribution < -0.4 is 5.11 Å². The Morgan fingerprint density at radius 3 is 2.29 bits per heavy atom. The van der Waals surface area contributed by atoms with Gasteiger partial charge in [0.25, 0.3) is 0 Å². The molecule has 0 aliphatic carbocycles. The number of hydrogen-bond donors (Lipinski definition) is 0. The van der Waals surface area contributed by atoms with Gasteiger partial charge in [0.05, 0.1) is 7.11 Å². The third kappa shape index (κ3) is 4.66. The number of ether oxygens (including phenoxy) is 1. The number of hydrogen-bond acceptors (Lipinski definition) is 5. The highest BCUT2D eigenvalue weighted by atomic mass is 16.5. The Labute approximate surface area is 83.0 Å². The van der Waals surface area contributed by atoms with Gasteiger partial charge in [-0.1, -0.05) is 0 Å². The molecule has 0 radical (unpaired) electrons. The number of amides is 1. The maximum atomic E-state index is 11.1. The van der Waals surface area contributed by atoms with Gasteiger partial charge in [-0.2, -0.15) is 0 Å². The molecule has 0 heterocycles. The summed E-state index contributed by atoms with van der Waals surface area (Å²) in [5.74, 6) is -1.12. The molecule has 0 aromatic heterocycles. The molecule has 0 aromatic carbocycles. The molecule has 0 aromatic rings. The molecule has 6 nitrogen and oxygen atoms in total. The molecule has 82 valence electrons. The minimum absolute atomic E-state index is 0.0681. The first-order valence-corrected chi connectivity index (χ1v) is 4.21. The first kappa shape index (κ1) is 12.7. The van der Waals surface area contributed by atoms with Crippen LogP contribution in [0, 0.1) is 0 Å². The number of carbonyl (C=O) groups is 2. The number of carbonyl (C=O) groups excluding carboxylic acids is 2. The normalized spacial score (nSPS) is 10.0. The molecule has 0 aliphatic rings. The van der Waals surface area contributed by atoms with Gasteiger partial charge in [0.15, 0.2) is 0 Å². The molecule has 0 spiro atoms. The molecule has 0 unspecified atom stereocenters. The van der Waals surface area contributed by atoms with E-state index >= 15 is 0 Å². The van der Waals surface area contributed by atoms with E-state index in [1.165, 1.54) is 12.1 Å². The lowest BCUT2D eigenvalue weighted by atomic mass is 10.3. The lowest BCUT2D eigenvalue weighted by molar-refractivity contribution is -0.305. The molecule has 0 saturated carbocycles. The van der Waals surface area contributed by atoms with Crippen LogP contribution >= 0.6 is 0 Å². The van der Waals surface area contributed by atoms with Crippen molar-refractivity contribution < 1.29 is 19.4 Å².